The normalized spacial score (nSPS) is 10.9. The van der Waals surface area contributed by atoms with Crippen LogP contribution in [0, 0.1) is 27.7 Å². The van der Waals surface area contributed by atoms with Gasteiger partial charge in [0.25, 0.3) is 0 Å². The average molecular weight is 276 g/mol. The van der Waals surface area contributed by atoms with Crippen LogP contribution in [0.25, 0.3) is 10.9 Å². The van der Waals surface area contributed by atoms with E-state index in [1.54, 1.807) is 0 Å². The van der Waals surface area contributed by atoms with E-state index in [2.05, 4.69) is 73.5 Å². The molecule has 2 heteroatoms. The molecule has 21 heavy (non-hydrogen) atoms. The van der Waals surface area contributed by atoms with Crippen molar-refractivity contribution in [1.82, 2.24) is 4.98 Å². The number of pyridine rings is 1. The smallest absolute Gasteiger partial charge is 0.0755 e. The van der Waals surface area contributed by atoms with Gasteiger partial charge in [0.15, 0.2) is 0 Å². The number of nitrogens with zero attached hydrogens (tertiary/aromatic N) is 1. The second kappa shape index (κ2) is 5.21. The van der Waals surface area contributed by atoms with E-state index >= 15 is 0 Å². The summed E-state index contributed by atoms with van der Waals surface area (Å²) in [5.74, 6) is 0. The summed E-state index contributed by atoms with van der Waals surface area (Å²) in [4.78, 5) is 4.67. The summed E-state index contributed by atoms with van der Waals surface area (Å²) >= 11 is 0. The molecule has 0 saturated carbocycles. The predicted octanol–water partition coefficient (Wildman–Crippen LogP) is 5.21. The Balaban J connectivity index is 2.11. The molecule has 0 atom stereocenters. The maximum absolute atomic E-state index is 4.67. The van der Waals surface area contributed by atoms with Crippen molar-refractivity contribution < 1.29 is 0 Å². The van der Waals surface area contributed by atoms with Crippen molar-refractivity contribution in [3.63, 3.8) is 0 Å². The largest absolute Gasteiger partial charge is 0.355 e. The number of hydrogen-bond donors (Lipinski definition) is 1. The van der Waals surface area contributed by atoms with E-state index < -0.39 is 0 Å². The van der Waals surface area contributed by atoms with E-state index in [1.165, 1.54) is 22.1 Å². The van der Waals surface area contributed by atoms with Gasteiger partial charge in [0.05, 0.1) is 5.52 Å². The van der Waals surface area contributed by atoms with Gasteiger partial charge in [-0.3, -0.25) is 4.98 Å². The Morgan fingerprint density at radius 2 is 1.62 bits per heavy atom. The van der Waals surface area contributed by atoms with Crippen molar-refractivity contribution in [1.29, 1.82) is 0 Å². The molecule has 0 spiro atoms. The first-order valence-electron chi connectivity index (χ1n) is 7.26. The lowest BCUT2D eigenvalue weighted by atomic mass is 10.1. The number of anilines is 2. The highest BCUT2D eigenvalue weighted by Crippen LogP contribution is 2.28. The van der Waals surface area contributed by atoms with Crippen LogP contribution in [0.3, 0.4) is 0 Å². The third-order valence-corrected chi connectivity index (χ3v) is 3.96. The lowest BCUT2D eigenvalue weighted by Gasteiger charge is -2.13. The first-order valence-corrected chi connectivity index (χ1v) is 7.26. The molecular weight excluding hydrogens is 256 g/mol. The van der Waals surface area contributed by atoms with E-state index in [-0.39, 0.29) is 0 Å². The molecule has 0 unspecified atom stereocenters. The number of fused-ring (bicyclic) bond motifs is 1. The van der Waals surface area contributed by atoms with E-state index in [9.17, 15) is 0 Å². The molecule has 2 aromatic carbocycles. The quantitative estimate of drug-likeness (QED) is 0.694. The Morgan fingerprint density at radius 3 is 2.38 bits per heavy atom. The monoisotopic (exact) mass is 276 g/mol. The Labute approximate surface area is 125 Å². The van der Waals surface area contributed by atoms with Gasteiger partial charge in [0.1, 0.15) is 0 Å². The van der Waals surface area contributed by atoms with Crippen LogP contribution in [-0.2, 0) is 0 Å². The number of aromatic nitrogens is 1. The van der Waals surface area contributed by atoms with Crippen LogP contribution in [0.15, 0.2) is 42.5 Å². The lowest BCUT2D eigenvalue weighted by molar-refractivity contribution is 1.24. The number of aryl methyl sites for hydroxylation is 4. The zero-order chi connectivity index (χ0) is 15.0. The molecule has 106 valence electrons. The highest BCUT2D eigenvalue weighted by atomic mass is 14.9. The summed E-state index contributed by atoms with van der Waals surface area (Å²) < 4.78 is 0. The van der Waals surface area contributed by atoms with Crippen LogP contribution >= 0.6 is 0 Å². The molecule has 2 nitrogen and oxygen atoms in total. The first kappa shape index (κ1) is 13.6. The number of nitrogens with one attached hydrogen (secondary N) is 1. The van der Waals surface area contributed by atoms with E-state index in [0.29, 0.717) is 0 Å². The second-order valence-electron chi connectivity index (χ2n) is 5.71. The van der Waals surface area contributed by atoms with Gasteiger partial charge >= 0.3 is 0 Å². The van der Waals surface area contributed by atoms with Gasteiger partial charge in [-0.2, -0.15) is 0 Å². The second-order valence-corrected chi connectivity index (χ2v) is 5.71. The molecule has 0 amide bonds. The fourth-order valence-corrected chi connectivity index (χ4v) is 2.60. The topological polar surface area (TPSA) is 24.9 Å². The van der Waals surface area contributed by atoms with Crippen LogP contribution in [-0.4, -0.2) is 4.98 Å². The maximum Gasteiger partial charge on any atom is 0.0755 e. The van der Waals surface area contributed by atoms with Gasteiger partial charge in [-0.15, -0.1) is 0 Å². The summed E-state index contributed by atoms with van der Waals surface area (Å²) in [5, 5.41) is 4.71. The van der Waals surface area contributed by atoms with Crippen LogP contribution < -0.4 is 5.32 Å². The molecule has 3 rings (SSSR count). The highest BCUT2D eigenvalue weighted by Gasteiger charge is 2.06. The molecule has 0 aliphatic heterocycles. The molecule has 0 aliphatic carbocycles. The Kier molecular flexibility index (Phi) is 3.38. The van der Waals surface area contributed by atoms with Crippen molar-refractivity contribution in [3.8, 4) is 0 Å². The maximum atomic E-state index is 4.67. The van der Waals surface area contributed by atoms with E-state index in [4.69, 9.17) is 0 Å². The van der Waals surface area contributed by atoms with Gasteiger partial charge in [0, 0.05) is 22.5 Å². The van der Waals surface area contributed by atoms with Crippen LogP contribution in [0.4, 0.5) is 11.4 Å². The number of rotatable bonds is 2. The van der Waals surface area contributed by atoms with Gasteiger partial charge in [-0.1, -0.05) is 24.3 Å². The molecule has 0 saturated heterocycles. The predicted molar refractivity (Wildman–Crippen MR) is 90.4 cm³/mol. The minimum Gasteiger partial charge on any atom is -0.355 e. The molecule has 0 radical (unpaired) electrons. The zero-order valence-corrected chi connectivity index (χ0v) is 13.0. The van der Waals surface area contributed by atoms with E-state index in [0.717, 1.165) is 22.6 Å². The summed E-state index contributed by atoms with van der Waals surface area (Å²) in [7, 11) is 0. The van der Waals surface area contributed by atoms with Crippen molar-refractivity contribution >= 4 is 22.3 Å². The van der Waals surface area contributed by atoms with Crippen molar-refractivity contribution in [3.05, 3.63) is 64.8 Å². The SMILES string of the molecule is Cc1cc(Nc2ccc(C)c(C)c2)c2cccc(C)c2n1. The standard InChI is InChI=1S/C19H20N2/c1-12-8-9-16(10-14(12)3)21-18-11-15(4)20-19-13(2)6-5-7-17(18)19/h5-11H,1-4H3,(H,20,21). The third kappa shape index (κ3) is 2.62. The van der Waals surface area contributed by atoms with Crippen LogP contribution in [0.2, 0.25) is 0 Å². The molecule has 1 N–H and O–H groups in total. The molecule has 0 aliphatic rings. The molecule has 3 aromatic rings. The highest BCUT2D eigenvalue weighted by molar-refractivity contribution is 5.94. The Morgan fingerprint density at radius 1 is 0.810 bits per heavy atom. The molecule has 1 heterocycles. The third-order valence-electron chi connectivity index (χ3n) is 3.96. The van der Waals surface area contributed by atoms with Gasteiger partial charge < -0.3 is 5.32 Å². The fourth-order valence-electron chi connectivity index (χ4n) is 2.60. The van der Waals surface area contributed by atoms with E-state index in [1.807, 2.05) is 6.92 Å². The minimum absolute atomic E-state index is 1.03. The average Bonchev–Trinajstić information content (AvgIpc) is 2.44. The molecule has 1 aromatic heterocycles. The van der Waals surface area contributed by atoms with Crippen molar-refractivity contribution in [2.75, 3.05) is 5.32 Å². The van der Waals surface area contributed by atoms with Gasteiger partial charge in [0.2, 0.25) is 0 Å². The molecule has 0 bridgehead atoms. The van der Waals surface area contributed by atoms with Crippen molar-refractivity contribution in [2.45, 2.75) is 27.7 Å². The van der Waals surface area contributed by atoms with Crippen molar-refractivity contribution in [2.24, 2.45) is 0 Å². The first-order chi connectivity index (χ1) is 10.0. The minimum atomic E-state index is 1.03. The summed E-state index contributed by atoms with van der Waals surface area (Å²) in [6, 6.07) is 14.9. The Hall–Kier alpha value is -2.35. The lowest BCUT2D eigenvalue weighted by Crippen LogP contribution is -1.96. The summed E-state index contributed by atoms with van der Waals surface area (Å²) in [6.07, 6.45) is 0. The van der Waals surface area contributed by atoms with Gasteiger partial charge in [-0.05, 0) is 62.6 Å². The zero-order valence-electron chi connectivity index (χ0n) is 13.0. The van der Waals surface area contributed by atoms with Crippen LogP contribution in [0.5, 0.6) is 0 Å². The number of para-hydroxylation sites is 1. The summed E-state index contributed by atoms with van der Waals surface area (Å²) in [5.41, 5.74) is 8.15. The van der Waals surface area contributed by atoms with Gasteiger partial charge in [-0.25, -0.2) is 0 Å². The Bertz CT molecular complexity index is 819. The molecule has 0 fully saturated rings. The number of hydrogen-bond acceptors (Lipinski definition) is 2. The number of benzene rings is 2. The molecular formula is C19H20N2. The van der Waals surface area contributed by atoms with Crippen LogP contribution in [0.1, 0.15) is 22.4 Å². The summed E-state index contributed by atoms with van der Waals surface area (Å²) in [6.45, 7) is 8.42. The fraction of sp³-hybridized carbons (Fsp3) is 0.211.